The quantitative estimate of drug-likeness (QED) is 0.115. The predicted octanol–water partition coefficient (Wildman–Crippen LogP) is 6.90. The van der Waals surface area contributed by atoms with Crippen molar-refractivity contribution in [2.24, 2.45) is 5.92 Å². The molecule has 0 radical (unpaired) electrons. The molecule has 9 heteroatoms. The lowest BCUT2D eigenvalue weighted by Gasteiger charge is -2.44. The van der Waals surface area contributed by atoms with Gasteiger partial charge in [0.15, 0.2) is 0 Å². The summed E-state index contributed by atoms with van der Waals surface area (Å²) in [5.74, 6) is 0.690. The lowest BCUT2D eigenvalue weighted by Crippen LogP contribution is -2.52. The number of nitrogens with zero attached hydrogens (tertiary/aromatic N) is 2. The van der Waals surface area contributed by atoms with Gasteiger partial charge in [0.1, 0.15) is 6.10 Å². The summed E-state index contributed by atoms with van der Waals surface area (Å²) < 4.78 is 11.8. The van der Waals surface area contributed by atoms with E-state index in [4.69, 9.17) is 21.1 Å². The second-order valence-electron chi connectivity index (χ2n) is 15.0. The SMILES string of the molecule is CC(C=C[C@@H]1C[C@](O)(CCl)CC(C)(C)O1)=CCC1CCC(NC(=O)C=C[C@H](C)OC(=O)N2CCN(C3CCCCCC3)CC2)CC1. The van der Waals surface area contributed by atoms with Crippen LogP contribution in [0.25, 0.3) is 0 Å². The van der Waals surface area contributed by atoms with E-state index in [1.807, 2.05) is 26.8 Å². The Balaban J connectivity index is 1.10. The Bertz CT molecular complexity index is 1070. The van der Waals surface area contributed by atoms with Gasteiger partial charge in [-0.15, -0.1) is 11.6 Å². The van der Waals surface area contributed by atoms with E-state index in [0.29, 0.717) is 37.9 Å². The average Bonchev–Trinajstić information content (AvgIpc) is 3.31. The van der Waals surface area contributed by atoms with Crippen LogP contribution in [0.5, 0.6) is 0 Å². The fourth-order valence-corrected chi connectivity index (χ4v) is 8.00. The highest BCUT2D eigenvalue weighted by molar-refractivity contribution is 6.18. The van der Waals surface area contributed by atoms with E-state index < -0.39 is 17.3 Å². The lowest BCUT2D eigenvalue weighted by molar-refractivity contribution is -0.160. The molecule has 8 nitrogen and oxygen atoms in total. The molecule has 4 fully saturated rings. The molecule has 0 aromatic heterocycles. The molecule has 0 bridgehead atoms. The molecule has 4 rings (SSSR count). The summed E-state index contributed by atoms with van der Waals surface area (Å²) >= 11 is 6.06. The molecule has 260 valence electrons. The number of alkyl halides is 1. The number of aliphatic hydroxyl groups is 1. The number of rotatable bonds is 10. The highest BCUT2D eigenvalue weighted by Gasteiger charge is 2.42. The number of hydrogen-bond acceptors (Lipinski definition) is 6. The van der Waals surface area contributed by atoms with Gasteiger partial charge in [-0.3, -0.25) is 9.69 Å². The maximum Gasteiger partial charge on any atom is 0.410 e. The van der Waals surface area contributed by atoms with Crippen molar-refractivity contribution in [3.63, 3.8) is 0 Å². The summed E-state index contributed by atoms with van der Waals surface area (Å²) in [6.07, 6.45) is 22.8. The number of ether oxygens (including phenoxy) is 2. The van der Waals surface area contributed by atoms with Crippen LogP contribution in [0.2, 0.25) is 0 Å². The van der Waals surface area contributed by atoms with Crippen LogP contribution in [0.3, 0.4) is 0 Å². The summed E-state index contributed by atoms with van der Waals surface area (Å²) in [7, 11) is 0. The van der Waals surface area contributed by atoms with Crippen molar-refractivity contribution in [2.45, 2.75) is 147 Å². The van der Waals surface area contributed by atoms with Crippen LogP contribution in [0.4, 0.5) is 4.79 Å². The van der Waals surface area contributed by atoms with Crippen LogP contribution in [0.1, 0.15) is 111 Å². The number of piperazine rings is 1. The molecule has 4 aliphatic rings. The van der Waals surface area contributed by atoms with E-state index >= 15 is 0 Å². The fraction of sp³-hybridized carbons (Fsp3) is 0.784. The summed E-state index contributed by atoms with van der Waals surface area (Å²) in [5, 5.41) is 13.9. The van der Waals surface area contributed by atoms with Gasteiger partial charge >= 0.3 is 6.09 Å². The van der Waals surface area contributed by atoms with Crippen molar-refractivity contribution < 1.29 is 24.2 Å². The maximum absolute atomic E-state index is 12.7. The second-order valence-corrected chi connectivity index (χ2v) is 15.3. The minimum Gasteiger partial charge on any atom is -0.442 e. The smallest absolute Gasteiger partial charge is 0.410 e. The van der Waals surface area contributed by atoms with Crippen molar-refractivity contribution in [1.29, 1.82) is 0 Å². The van der Waals surface area contributed by atoms with Crippen molar-refractivity contribution in [3.8, 4) is 0 Å². The van der Waals surface area contributed by atoms with Crippen LogP contribution in [0, 0.1) is 5.92 Å². The number of carbonyl (C=O) groups is 2. The van der Waals surface area contributed by atoms with Crippen LogP contribution >= 0.6 is 11.6 Å². The molecule has 3 atom stereocenters. The van der Waals surface area contributed by atoms with Crippen LogP contribution < -0.4 is 5.32 Å². The van der Waals surface area contributed by atoms with E-state index in [9.17, 15) is 14.7 Å². The van der Waals surface area contributed by atoms with Gasteiger partial charge in [-0.05, 0) is 84.6 Å². The summed E-state index contributed by atoms with van der Waals surface area (Å²) in [4.78, 5) is 29.7. The first kappa shape index (κ1) is 37.0. The Labute approximate surface area is 283 Å². The van der Waals surface area contributed by atoms with E-state index in [-0.39, 0.29) is 30.0 Å². The van der Waals surface area contributed by atoms with Crippen LogP contribution in [0.15, 0.2) is 36.0 Å². The van der Waals surface area contributed by atoms with E-state index in [2.05, 4.69) is 29.3 Å². The van der Waals surface area contributed by atoms with E-state index in [1.165, 1.54) is 50.2 Å². The molecule has 46 heavy (non-hydrogen) atoms. The van der Waals surface area contributed by atoms with E-state index in [1.54, 1.807) is 11.0 Å². The van der Waals surface area contributed by atoms with Gasteiger partial charge in [0, 0.05) is 57.2 Å². The Morgan fingerprint density at radius 1 is 1.02 bits per heavy atom. The number of carbonyl (C=O) groups excluding carboxylic acids is 2. The molecule has 2 aliphatic carbocycles. The first-order valence-corrected chi connectivity index (χ1v) is 18.5. The molecular formula is C37H60ClN3O5. The topological polar surface area (TPSA) is 91.3 Å². The van der Waals surface area contributed by atoms with E-state index in [0.717, 1.165) is 45.2 Å². The van der Waals surface area contributed by atoms with Gasteiger partial charge in [0.25, 0.3) is 0 Å². The highest BCUT2D eigenvalue weighted by Crippen LogP contribution is 2.37. The molecule has 2 saturated carbocycles. The van der Waals surface area contributed by atoms with Gasteiger partial charge in [-0.1, -0.05) is 49.5 Å². The zero-order chi connectivity index (χ0) is 33.2. The number of allylic oxidation sites excluding steroid dienone is 3. The molecule has 0 spiro atoms. The monoisotopic (exact) mass is 661 g/mol. The third-order valence-corrected chi connectivity index (χ3v) is 10.8. The minimum atomic E-state index is -0.894. The molecule has 2 N–H and O–H groups in total. The number of hydrogen-bond donors (Lipinski definition) is 2. The van der Waals surface area contributed by atoms with Crippen molar-refractivity contribution >= 4 is 23.6 Å². The minimum absolute atomic E-state index is 0.126. The van der Waals surface area contributed by atoms with Crippen molar-refractivity contribution in [1.82, 2.24) is 15.1 Å². The molecule has 2 amide bonds. The van der Waals surface area contributed by atoms with Crippen molar-refractivity contribution in [2.75, 3.05) is 32.1 Å². The van der Waals surface area contributed by atoms with Crippen LogP contribution in [-0.4, -0.2) is 94.5 Å². The standard InChI is InChI=1S/C37H60ClN3O5/c1-28(12-19-33-25-37(44,27-38)26-36(3,4)46-33)11-14-30-15-17-31(18-16-30)39-34(42)20-13-29(2)45-35(43)41-23-21-40(22-24-41)32-9-7-5-6-8-10-32/h11-13,19-20,29-33,44H,5-10,14-18,21-27H2,1-4H3,(H,39,42)/t29-,30?,31?,33+,37+/m0/s1. The molecule has 0 unspecified atom stereocenters. The fourth-order valence-electron chi connectivity index (χ4n) is 7.80. The lowest BCUT2D eigenvalue weighted by atomic mass is 9.82. The van der Waals surface area contributed by atoms with Gasteiger partial charge in [0.2, 0.25) is 5.91 Å². The molecular weight excluding hydrogens is 602 g/mol. The first-order valence-electron chi connectivity index (χ1n) is 17.9. The number of nitrogens with one attached hydrogen (secondary N) is 1. The summed E-state index contributed by atoms with van der Waals surface area (Å²) in [6.45, 7) is 11.1. The van der Waals surface area contributed by atoms with Gasteiger partial charge in [0.05, 0.1) is 23.2 Å². The summed E-state index contributed by atoms with van der Waals surface area (Å²) in [6, 6.07) is 0.843. The molecule has 2 saturated heterocycles. The zero-order valence-corrected chi connectivity index (χ0v) is 29.6. The molecule has 0 aromatic rings. The molecule has 2 aliphatic heterocycles. The van der Waals surface area contributed by atoms with Gasteiger partial charge < -0.3 is 24.8 Å². The third kappa shape index (κ3) is 12.0. The van der Waals surface area contributed by atoms with Crippen molar-refractivity contribution in [3.05, 3.63) is 36.0 Å². The molecule has 2 heterocycles. The highest BCUT2D eigenvalue weighted by atomic mass is 35.5. The maximum atomic E-state index is 12.7. The summed E-state index contributed by atoms with van der Waals surface area (Å²) in [5.41, 5.74) is -0.116. The Morgan fingerprint density at radius 2 is 1.70 bits per heavy atom. The Hall–Kier alpha value is -1.87. The van der Waals surface area contributed by atoms with Gasteiger partial charge in [-0.2, -0.15) is 0 Å². The third-order valence-electron chi connectivity index (χ3n) is 10.3. The van der Waals surface area contributed by atoms with Gasteiger partial charge in [-0.25, -0.2) is 4.79 Å². The molecule has 0 aromatic carbocycles. The largest absolute Gasteiger partial charge is 0.442 e. The first-order chi connectivity index (χ1) is 21.9. The Morgan fingerprint density at radius 3 is 2.35 bits per heavy atom. The normalized spacial score (nSPS) is 31.1. The zero-order valence-electron chi connectivity index (χ0n) is 28.9. The predicted molar refractivity (Wildman–Crippen MR) is 185 cm³/mol. The second kappa shape index (κ2) is 17.5. The van der Waals surface area contributed by atoms with Crippen LogP contribution in [-0.2, 0) is 14.3 Å². The number of amides is 2. The number of halogens is 1. The average molecular weight is 662 g/mol. The Kier molecular flexibility index (Phi) is 14.1.